The number of aromatic nitrogens is 9. The van der Waals surface area contributed by atoms with Gasteiger partial charge in [-0.25, -0.2) is 0 Å². The zero-order valence-electron chi connectivity index (χ0n) is 32.7. The zero-order valence-corrected chi connectivity index (χ0v) is 32.7. The average molecular weight is 779 g/mol. The number of rotatable bonds is 15. The monoisotopic (exact) mass is 778 g/mol. The SMILES string of the molecule is CCn1nc(C)cc1C(=O)/N=c1\n(C)c2cc(C(N)=O)ccc2n1CCCCCn1c2c(OCCCO)cc(C(N)=O)cc2n2c3c(C)nn(CC)c3c(=O)nc12. The molecule has 0 atom stereocenters. The summed E-state index contributed by atoms with van der Waals surface area (Å²) in [6, 6.07) is 10.1. The molecular weight excluding hydrogens is 733 g/mol. The molecule has 0 aliphatic rings. The predicted octanol–water partition coefficient (Wildman–Crippen LogP) is 2.72. The standard InChI is InChI=1S/C39H46N12O6/c1-6-49-29(18-22(3)44-49)36(55)42-38-46(5)27-19-24(34(40)53)12-13-26(27)47(38)14-9-8-10-15-48-32-28(20-25(35(41)54)21-30(32)57-17-11-16-52)51-31-23(4)45-50(7-2)33(31)37(56)43-39(48)51/h12-13,18-21,52H,6-11,14-17H2,1-5H3,(H2,40,53)(H2,41,54)/b42-38+. The van der Waals surface area contributed by atoms with Crippen molar-refractivity contribution < 1.29 is 24.2 Å². The third kappa shape index (κ3) is 6.85. The van der Waals surface area contributed by atoms with Crippen molar-refractivity contribution in [2.45, 2.75) is 79.6 Å². The van der Waals surface area contributed by atoms with Gasteiger partial charge in [0.1, 0.15) is 22.5 Å². The van der Waals surface area contributed by atoms with Crippen molar-refractivity contribution in [2.24, 2.45) is 23.5 Å². The van der Waals surface area contributed by atoms with Crippen LogP contribution < -0.4 is 27.4 Å². The number of hydrogen-bond donors (Lipinski definition) is 3. The van der Waals surface area contributed by atoms with E-state index in [0.29, 0.717) is 119 Å². The van der Waals surface area contributed by atoms with E-state index in [9.17, 15) is 24.3 Å². The van der Waals surface area contributed by atoms with Crippen LogP contribution in [0.3, 0.4) is 0 Å². The van der Waals surface area contributed by atoms with Crippen molar-refractivity contribution in [3.05, 3.63) is 80.6 Å². The van der Waals surface area contributed by atoms with Crippen LogP contribution in [-0.2, 0) is 33.2 Å². The molecule has 5 heterocycles. The number of hydrogen-bond acceptors (Lipinski definition) is 9. The molecule has 0 radical (unpaired) electrons. The summed E-state index contributed by atoms with van der Waals surface area (Å²) in [4.78, 5) is 61.0. The number of benzene rings is 2. The first-order valence-electron chi connectivity index (χ1n) is 19.0. The summed E-state index contributed by atoms with van der Waals surface area (Å²) >= 11 is 0. The molecule has 0 saturated heterocycles. The molecule has 7 rings (SSSR count). The lowest BCUT2D eigenvalue weighted by atomic mass is 10.1. The highest BCUT2D eigenvalue weighted by Crippen LogP contribution is 2.34. The number of aliphatic hydroxyl groups is 1. The molecule has 0 aliphatic heterocycles. The Morgan fingerprint density at radius 2 is 1.51 bits per heavy atom. The Labute approximate surface area is 325 Å². The fraction of sp³-hybridized carbons (Fsp3) is 0.385. The van der Waals surface area contributed by atoms with Crippen LogP contribution in [0.5, 0.6) is 5.75 Å². The largest absolute Gasteiger partial charge is 0.491 e. The third-order valence-electron chi connectivity index (χ3n) is 10.2. The van der Waals surface area contributed by atoms with Gasteiger partial charge in [0.15, 0.2) is 5.52 Å². The molecule has 0 fully saturated rings. The first kappa shape index (κ1) is 38.7. The lowest BCUT2D eigenvalue weighted by molar-refractivity contribution is 0.0980. The Morgan fingerprint density at radius 3 is 2.19 bits per heavy atom. The lowest BCUT2D eigenvalue weighted by Gasteiger charge is -2.12. The fourth-order valence-electron chi connectivity index (χ4n) is 7.58. The summed E-state index contributed by atoms with van der Waals surface area (Å²) in [7, 11) is 1.79. The van der Waals surface area contributed by atoms with E-state index >= 15 is 0 Å². The van der Waals surface area contributed by atoms with Crippen LogP contribution in [0.2, 0.25) is 0 Å². The van der Waals surface area contributed by atoms with Gasteiger partial charge < -0.3 is 35.0 Å². The molecular formula is C39H46N12O6. The van der Waals surface area contributed by atoms with Gasteiger partial charge in [-0.05, 0) is 83.4 Å². The van der Waals surface area contributed by atoms with E-state index in [4.69, 9.17) is 16.2 Å². The Kier molecular flexibility index (Phi) is 10.5. The molecule has 0 saturated carbocycles. The van der Waals surface area contributed by atoms with Gasteiger partial charge >= 0.3 is 5.56 Å². The normalized spacial score (nSPS) is 12.2. The van der Waals surface area contributed by atoms with Crippen molar-refractivity contribution in [3.63, 3.8) is 0 Å². The highest BCUT2D eigenvalue weighted by atomic mass is 16.5. The van der Waals surface area contributed by atoms with Crippen molar-refractivity contribution >= 4 is 56.6 Å². The molecule has 18 nitrogen and oxygen atoms in total. The Morgan fingerprint density at radius 1 is 0.807 bits per heavy atom. The fourth-order valence-corrected chi connectivity index (χ4v) is 7.58. The molecule has 57 heavy (non-hydrogen) atoms. The molecule has 5 N–H and O–H groups in total. The first-order valence-corrected chi connectivity index (χ1v) is 19.0. The summed E-state index contributed by atoms with van der Waals surface area (Å²) in [5, 5.41) is 18.5. The molecule has 18 heteroatoms. The number of carbonyl (C=O) groups excluding carboxylic acids is 3. The van der Waals surface area contributed by atoms with Gasteiger partial charge in [0, 0.05) is 57.4 Å². The number of nitrogens with two attached hydrogens (primary N) is 2. The minimum absolute atomic E-state index is 0.0825. The number of aryl methyl sites for hydroxylation is 7. The second-order valence-electron chi connectivity index (χ2n) is 14.0. The molecule has 5 aromatic heterocycles. The number of imidazole rings is 2. The molecule has 298 valence electrons. The van der Waals surface area contributed by atoms with Gasteiger partial charge in [0.25, 0.3) is 5.91 Å². The van der Waals surface area contributed by atoms with E-state index in [1.807, 2.05) is 47.3 Å². The van der Waals surface area contributed by atoms with Crippen LogP contribution in [0.25, 0.3) is 38.9 Å². The summed E-state index contributed by atoms with van der Waals surface area (Å²) in [6.45, 7) is 9.44. The molecule has 0 spiro atoms. The number of nitrogens with zero attached hydrogens (tertiary/aromatic N) is 10. The maximum atomic E-state index is 13.6. The van der Waals surface area contributed by atoms with Gasteiger partial charge in [0.2, 0.25) is 23.2 Å². The zero-order chi connectivity index (χ0) is 40.7. The second-order valence-corrected chi connectivity index (χ2v) is 14.0. The van der Waals surface area contributed by atoms with Gasteiger partial charge in [-0.2, -0.15) is 20.2 Å². The number of aliphatic hydroxyl groups excluding tert-OH is 1. The summed E-state index contributed by atoms with van der Waals surface area (Å²) in [5.41, 5.74) is 17.2. The smallest absolute Gasteiger partial charge is 0.300 e. The highest BCUT2D eigenvalue weighted by molar-refractivity contribution is 6.01. The maximum Gasteiger partial charge on any atom is 0.300 e. The quantitative estimate of drug-likeness (QED) is 0.130. The molecule has 3 amide bonds. The van der Waals surface area contributed by atoms with Crippen molar-refractivity contribution in [2.75, 3.05) is 13.2 Å². The van der Waals surface area contributed by atoms with Crippen molar-refractivity contribution in [3.8, 4) is 5.75 Å². The predicted molar refractivity (Wildman–Crippen MR) is 212 cm³/mol. The van der Waals surface area contributed by atoms with Gasteiger partial charge in [-0.1, -0.05) is 0 Å². The Balaban J connectivity index is 1.27. The van der Waals surface area contributed by atoms with Crippen LogP contribution in [0.4, 0.5) is 0 Å². The van der Waals surface area contributed by atoms with E-state index in [-0.39, 0.29) is 18.8 Å². The van der Waals surface area contributed by atoms with Gasteiger partial charge in [-0.3, -0.25) is 32.9 Å². The van der Waals surface area contributed by atoms with Crippen molar-refractivity contribution in [1.29, 1.82) is 0 Å². The topological polar surface area (TPSA) is 230 Å². The molecule has 2 aromatic carbocycles. The van der Waals surface area contributed by atoms with E-state index < -0.39 is 23.3 Å². The van der Waals surface area contributed by atoms with Gasteiger partial charge in [-0.15, -0.1) is 0 Å². The van der Waals surface area contributed by atoms with Crippen molar-refractivity contribution in [1.82, 2.24) is 42.6 Å². The number of carbonyl (C=O) groups is 3. The molecule has 7 aromatic rings. The van der Waals surface area contributed by atoms with Crippen LogP contribution in [0.1, 0.15) is 82.1 Å². The van der Waals surface area contributed by atoms with E-state index in [2.05, 4.69) is 20.2 Å². The summed E-state index contributed by atoms with van der Waals surface area (Å²) in [5.74, 6) is -0.909. The third-order valence-corrected chi connectivity index (χ3v) is 10.2. The van der Waals surface area contributed by atoms with Crippen LogP contribution in [0.15, 0.2) is 46.2 Å². The maximum absolute atomic E-state index is 13.6. The first-order chi connectivity index (χ1) is 27.4. The van der Waals surface area contributed by atoms with Gasteiger partial charge in [0.05, 0.1) is 34.5 Å². The summed E-state index contributed by atoms with van der Waals surface area (Å²) < 4.78 is 16.9. The number of fused-ring (bicyclic) bond motifs is 6. The minimum atomic E-state index is -0.647. The molecule has 0 aliphatic carbocycles. The average Bonchev–Trinajstić information content (AvgIpc) is 3.90. The summed E-state index contributed by atoms with van der Waals surface area (Å²) in [6.07, 6.45) is 2.39. The molecule has 0 unspecified atom stereocenters. The Bertz CT molecular complexity index is 2870. The van der Waals surface area contributed by atoms with E-state index in [1.54, 1.807) is 51.3 Å². The van der Waals surface area contributed by atoms with E-state index in [0.717, 1.165) is 5.52 Å². The van der Waals surface area contributed by atoms with Crippen LogP contribution >= 0.6 is 0 Å². The second kappa shape index (κ2) is 15.5. The lowest BCUT2D eigenvalue weighted by Crippen LogP contribution is -2.26. The number of amides is 3. The number of ether oxygens (including phenoxy) is 1. The Hall–Kier alpha value is -6.56. The van der Waals surface area contributed by atoms with Crippen LogP contribution in [0, 0.1) is 13.8 Å². The van der Waals surface area contributed by atoms with E-state index in [1.165, 1.54) is 0 Å². The molecule has 0 bridgehead atoms. The number of unbranched alkanes of at least 4 members (excludes halogenated alkanes) is 2. The van der Waals surface area contributed by atoms with Crippen LogP contribution in [-0.4, -0.2) is 78.7 Å². The highest BCUT2D eigenvalue weighted by Gasteiger charge is 2.24. The minimum Gasteiger partial charge on any atom is -0.491 e. The number of primary amides is 2.